The third-order valence-corrected chi connectivity index (χ3v) is 8.39. The van der Waals surface area contributed by atoms with Gasteiger partial charge in [-0.1, -0.05) is 66.7 Å². The standard InChI is InChI=1S/C24H20N4O4P2/c29-21-13-5-1-9-17(21)19-11-3-7-15-23(19)33(30)27-25-26-28-34(31)24-16-8-4-12-20(24)18-10-2-6-14-22(18)32-34/h1-16,25-26H,(H2-,27,28,29,30,31)/p+1. The van der Waals surface area contributed by atoms with Crippen LogP contribution in [0.1, 0.15) is 0 Å². The summed E-state index contributed by atoms with van der Waals surface area (Å²) in [7, 11) is -5.65. The molecule has 0 spiro atoms. The summed E-state index contributed by atoms with van der Waals surface area (Å²) in [6.07, 6.45) is 0. The average Bonchev–Trinajstić information content (AvgIpc) is 2.87. The summed E-state index contributed by atoms with van der Waals surface area (Å²) in [6, 6.07) is 28.6. The van der Waals surface area contributed by atoms with Gasteiger partial charge < -0.3 is 9.63 Å². The summed E-state index contributed by atoms with van der Waals surface area (Å²) in [5.41, 5.74) is 8.09. The fourth-order valence-corrected chi connectivity index (χ4v) is 6.43. The highest BCUT2D eigenvalue weighted by Crippen LogP contribution is 2.51. The highest BCUT2D eigenvalue weighted by molar-refractivity contribution is 7.65. The maximum absolute atomic E-state index is 13.6. The molecule has 5 rings (SSSR count). The number of phenols is 1. The predicted octanol–water partition coefficient (Wildman–Crippen LogP) is 4.11. The van der Waals surface area contributed by atoms with E-state index in [-0.39, 0.29) is 5.75 Å². The summed E-state index contributed by atoms with van der Waals surface area (Å²) in [4.78, 5) is 0. The Hall–Kier alpha value is -3.35. The van der Waals surface area contributed by atoms with Gasteiger partial charge in [-0.05, 0) is 40.1 Å². The Labute approximate surface area is 197 Å². The largest absolute Gasteiger partial charge is 0.507 e. The van der Waals surface area contributed by atoms with E-state index in [2.05, 4.69) is 21.5 Å². The molecule has 8 nitrogen and oxygen atoms in total. The van der Waals surface area contributed by atoms with Crippen LogP contribution in [-0.2, 0) is 9.13 Å². The van der Waals surface area contributed by atoms with Crippen molar-refractivity contribution in [2.75, 3.05) is 0 Å². The van der Waals surface area contributed by atoms with Crippen molar-refractivity contribution >= 4 is 26.1 Å². The molecular weight excluding hydrogens is 470 g/mol. The van der Waals surface area contributed by atoms with Crippen molar-refractivity contribution in [3.8, 4) is 33.8 Å². The Bertz CT molecular complexity index is 1430. The number of benzene rings is 4. The summed E-state index contributed by atoms with van der Waals surface area (Å²) >= 11 is 0. The van der Waals surface area contributed by atoms with Crippen LogP contribution in [-0.4, -0.2) is 5.11 Å². The van der Waals surface area contributed by atoms with Crippen LogP contribution in [0.3, 0.4) is 0 Å². The number of hydrogen-bond donors (Lipinski definition) is 5. The molecule has 0 aromatic heterocycles. The molecule has 1 heterocycles. The molecule has 0 amide bonds. The van der Waals surface area contributed by atoms with E-state index < -0.39 is 15.5 Å². The molecule has 4 aromatic carbocycles. The lowest BCUT2D eigenvalue weighted by Crippen LogP contribution is -2.49. The van der Waals surface area contributed by atoms with Gasteiger partial charge in [0.2, 0.25) is 5.30 Å². The highest BCUT2D eigenvalue weighted by Gasteiger charge is 2.36. The van der Waals surface area contributed by atoms with Crippen LogP contribution in [0.5, 0.6) is 11.5 Å². The van der Waals surface area contributed by atoms with Crippen LogP contribution in [0.4, 0.5) is 0 Å². The van der Waals surface area contributed by atoms with Crippen LogP contribution in [0.2, 0.25) is 0 Å². The Morgan fingerprint density at radius 3 is 2.12 bits per heavy atom. The van der Waals surface area contributed by atoms with Gasteiger partial charge in [0.15, 0.2) is 0 Å². The molecule has 10 heteroatoms. The van der Waals surface area contributed by atoms with Gasteiger partial charge in [0.25, 0.3) is 0 Å². The van der Waals surface area contributed by atoms with E-state index in [4.69, 9.17) is 4.52 Å². The minimum atomic E-state index is -3.52. The SMILES string of the molecule is O=[P+](NNNNP1(=O)Oc2ccccc2-c2ccccc21)c1ccccc1-c1ccccc1O. The summed E-state index contributed by atoms with van der Waals surface area (Å²) in [5, 5.41) is 16.6. The molecule has 5 N–H and O–H groups in total. The second-order valence-electron chi connectivity index (χ2n) is 7.46. The number of fused-ring (bicyclic) bond motifs is 3. The van der Waals surface area contributed by atoms with Crippen LogP contribution < -0.4 is 36.6 Å². The zero-order valence-electron chi connectivity index (χ0n) is 17.8. The van der Waals surface area contributed by atoms with Crippen LogP contribution in [0.25, 0.3) is 22.3 Å². The number of phenolic OH excluding ortho intramolecular Hbond substituents is 1. The van der Waals surface area contributed by atoms with Crippen molar-refractivity contribution in [1.82, 2.24) is 21.5 Å². The predicted molar refractivity (Wildman–Crippen MR) is 133 cm³/mol. The minimum absolute atomic E-state index is 0.0950. The zero-order chi connectivity index (χ0) is 23.5. The number of rotatable bonds is 7. The molecular formula is C24H21N4O4P2+. The Balaban J connectivity index is 1.29. The molecule has 2 unspecified atom stereocenters. The Morgan fingerprint density at radius 1 is 0.706 bits per heavy atom. The average molecular weight is 491 g/mol. The molecule has 1 aliphatic heterocycles. The van der Waals surface area contributed by atoms with Crippen LogP contribution in [0, 0.1) is 0 Å². The maximum Gasteiger partial charge on any atom is 0.488 e. The number of aromatic hydroxyl groups is 1. The lowest BCUT2D eigenvalue weighted by molar-refractivity contribution is 0.425. The molecule has 0 bridgehead atoms. The number of hydrogen-bond acceptors (Lipinski definition) is 6. The van der Waals surface area contributed by atoms with Gasteiger partial charge in [0.1, 0.15) is 11.5 Å². The number of nitrogens with one attached hydrogen (secondary N) is 4. The van der Waals surface area contributed by atoms with Gasteiger partial charge >= 0.3 is 15.5 Å². The van der Waals surface area contributed by atoms with Crippen molar-refractivity contribution in [2.45, 2.75) is 0 Å². The summed E-state index contributed by atoms with van der Waals surface area (Å²) in [5.74, 6) is 0.604. The topological polar surface area (TPSA) is 112 Å². The molecule has 2 atom stereocenters. The van der Waals surface area contributed by atoms with Crippen LogP contribution in [0.15, 0.2) is 97.1 Å². The van der Waals surface area contributed by atoms with Crippen molar-refractivity contribution in [3.05, 3.63) is 97.1 Å². The van der Waals surface area contributed by atoms with E-state index in [0.29, 0.717) is 27.5 Å². The first kappa shape index (κ1) is 22.4. The van der Waals surface area contributed by atoms with E-state index in [0.717, 1.165) is 11.1 Å². The maximum atomic E-state index is 13.6. The van der Waals surface area contributed by atoms with Gasteiger partial charge in [-0.15, -0.1) is 5.53 Å². The highest BCUT2D eigenvalue weighted by atomic mass is 31.2. The molecule has 1 aliphatic rings. The first-order valence-corrected chi connectivity index (χ1v) is 13.3. The molecule has 4 aromatic rings. The molecule has 34 heavy (non-hydrogen) atoms. The van der Waals surface area contributed by atoms with Crippen molar-refractivity contribution in [3.63, 3.8) is 0 Å². The summed E-state index contributed by atoms with van der Waals surface area (Å²) < 4.78 is 32.5. The van der Waals surface area contributed by atoms with Gasteiger partial charge in [-0.25, -0.2) is 0 Å². The first-order chi connectivity index (χ1) is 16.6. The zero-order valence-corrected chi connectivity index (χ0v) is 19.6. The third kappa shape index (κ3) is 4.27. The van der Waals surface area contributed by atoms with Crippen molar-refractivity contribution in [1.29, 1.82) is 0 Å². The first-order valence-electron chi connectivity index (χ1n) is 10.4. The molecule has 0 radical (unpaired) electrons. The van der Waals surface area contributed by atoms with E-state index in [1.165, 1.54) is 0 Å². The van der Waals surface area contributed by atoms with E-state index in [1.54, 1.807) is 60.7 Å². The van der Waals surface area contributed by atoms with E-state index >= 15 is 0 Å². The van der Waals surface area contributed by atoms with E-state index in [9.17, 15) is 14.2 Å². The fraction of sp³-hybridized carbons (Fsp3) is 0. The second-order valence-corrected chi connectivity index (χ2v) is 10.7. The van der Waals surface area contributed by atoms with Crippen molar-refractivity contribution in [2.24, 2.45) is 0 Å². The second kappa shape index (κ2) is 9.49. The molecule has 0 saturated carbocycles. The number of para-hydroxylation sites is 2. The van der Waals surface area contributed by atoms with Crippen LogP contribution >= 0.6 is 15.5 Å². The Kier molecular flexibility index (Phi) is 6.26. The smallest absolute Gasteiger partial charge is 0.488 e. The van der Waals surface area contributed by atoms with Gasteiger partial charge in [0, 0.05) is 22.3 Å². The fourth-order valence-electron chi connectivity index (χ4n) is 3.82. The minimum Gasteiger partial charge on any atom is -0.507 e. The lowest BCUT2D eigenvalue weighted by atomic mass is 10.0. The number of hydrazine groups is 3. The third-order valence-electron chi connectivity index (χ3n) is 5.37. The lowest BCUT2D eigenvalue weighted by Gasteiger charge is -2.28. The van der Waals surface area contributed by atoms with E-state index in [1.807, 2.05) is 36.4 Å². The van der Waals surface area contributed by atoms with Crippen molar-refractivity contribution < 1.29 is 18.8 Å². The van der Waals surface area contributed by atoms with Gasteiger partial charge in [-0.2, -0.15) is 10.7 Å². The summed E-state index contributed by atoms with van der Waals surface area (Å²) in [6.45, 7) is 0. The molecule has 0 saturated heterocycles. The monoisotopic (exact) mass is 491 g/mol. The quantitative estimate of drug-likeness (QED) is 0.149. The van der Waals surface area contributed by atoms with Gasteiger partial charge in [-0.3, -0.25) is 4.57 Å². The molecule has 0 aliphatic carbocycles. The normalized spacial score (nSPS) is 16.8. The Morgan fingerprint density at radius 2 is 1.32 bits per heavy atom. The molecule has 170 valence electrons. The molecule has 0 fully saturated rings. The van der Waals surface area contributed by atoms with Gasteiger partial charge in [0.05, 0.1) is 5.30 Å².